The van der Waals surface area contributed by atoms with Gasteiger partial charge in [-0.25, -0.2) is 0 Å². The molecular formula is C22H16O2S. The van der Waals surface area contributed by atoms with Crippen LogP contribution in [0.5, 0.6) is 11.5 Å². The number of hydrogen-bond donors (Lipinski definition) is 0. The van der Waals surface area contributed by atoms with E-state index in [1.807, 2.05) is 17.4 Å². The summed E-state index contributed by atoms with van der Waals surface area (Å²) in [4.78, 5) is 0. The van der Waals surface area contributed by atoms with Gasteiger partial charge in [0, 0.05) is 25.6 Å². The molecule has 0 fully saturated rings. The van der Waals surface area contributed by atoms with Gasteiger partial charge in [0.2, 0.25) is 0 Å². The van der Waals surface area contributed by atoms with Crippen LogP contribution in [0.15, 0.2) is 60.7 Å². The predicted octanol–water partition coefficient (Wildman–Crippen LogP) is 6.38. The van der Waals surface area contributed by atoms with Crippen molar-refractivity contribution in [2.45, 2.75) is 0 Å². The van der Waals surface area contributed by atoms with Crippen molar-refractivity contribution in [3.63, 3.8) is 0 Å². The summed E-state index contributed by atoms with van der Waals surface area (Å²) in [5, 5.41) is 7.46. The summed E-state index contributed by atoms with van der Waals surface area (Å²) in [5.41, 5.74) is 0. The van der Waals surface area contributed by atoms with E-state index in [1.54, 1.807) is 14.2 Å². The van der Waals surface area contributed by atoms with E-state index in [0.29, 0.717) is 0 Å². The Morgan fingerprint density at radius 2 is 1.44 bits per heavy atom. The lowest BCUT2D eigenvalue weighted by molar-refractivity contribution is 0.358. The fraction of sp³-hybridized carbons (Fsp3) is 0.0909. The van der Waals surface area contributed by atoms with Gasteiger partial charge >= 0.3 is 0 Å². The molecule has 5 rings (SSSR count). The van der Waals surface area contributed by atoms with Gasteiger partial charge in [0.1, 0.15) is 0 Å². The first kappa shape index (κ1) is 14.6. The van der Waals surface area contributed by atoms with E-state index in [4.69, 9.17) is 9.47 Å². The minimum atomic E-state index is 0.761. The van der Waals surface area contributed by atoms with Gasteiger partial charge in [0.15, 0.2) is 11.5 Å². The Labute approximate surface area is 149 Å². The van der Waals surface area contributed by atoms with Crippen LogP contribution in [-0.2, 0) is 0 Å². The molecule has 1 aromatic heterocycles. The second-order valence-corrected chi connectivity index (χ2v) is 7.18. The predicted molar refractivity (Wildman–Crippen MR) is 107 cm³/mol. The highest BCUT2D eigenvalue weighted by atomic mass is 32.1. The maximum atomic E-state index is 5.66. The Morgan fingerprint density at radius 1 is 0.640 bits per heavy atom. The van der Waals surface area contributed by atoms with Crippen molar-refractivity contribution in [3.8, 4) is 11.5 Å². The van der Waals surface area contributed by atoms with Gasteiger partial charge in [-0.15, -0.1) is 11.3 Å². The zero-order valence-electron chi connectivity index (χ0n) is 14.0. The monoisotopic (exact) mass is 344 g/mol. The molecule has 4 aromatic carbocycles. The Morgan fingerprint density at radius 3 is 2.28 bits per heavy atom. The standard InChI is InChI=1S/C22H16O2S/c1-23-17-11-10-14-15(22(17)24-2)9-7-13-8-12-19-21(20(13)14)16-5-3-4-6-18(16)25-19/h3-12H,1-2H3. The highest BCUT2D eigenvalue weighted by Gasteiger charge is 2.15. The van der Waals surface area contributed by atoms with Crippen molar-refractivity contribution in [1.82, 2.24) is 0 Å². The average molecular weight is 344 g/mol. The molecule has 1 heterocycles. The Bertz CT molecular complexity index is 1270. The Balaban J connectivity index is 2.07. The fourth-order valence-electron chi connectivity index (χ4n) is 3.77. The molecule has 3 heteroatoms. The Kier molecular flexibility index (Phi) is 3.12. The zero-order valence-corrected chi connectivity index (χ0v) is 14.8. The van der Waals surface area contributed by atoms with Crippen LogP contribution in [0.3, 0.4) is 0 Å². The van der Waals surface area contributed by atoms with Crippen molar-refractivity contribution in [1.29, 1.82) is 0 Å². The minimum absolute atomic E-state index is 0.761. The molecule has 0 aliphatic heterocycles. The van der Waals surface area contributed by atoms with E-state index >= 15 is 0 Å². The molecule has 0 saturated carbocycles. The van der Waals surface area contributed by atoms with Gasteiger partial charge in [0.05, 0.1) is 14.2 Å². The number of methoxy groups -OCH3 is 2. The third-order valence-electron chi connectivity index (χ3n) is 4.86. The topological polar surface area (TPSA) is 18.5 Å². The van der Waals surface area contributed by atoms with Crippen molar-refractivity contribution in [2.24, 2.45) is 0 Å². The first-order valence-corrected chi connectivity index (χ1v) is 9.01. The van der Waals surface area contributed by atoms with Crippen molar-refractivity contribution >= 4 is 53.1 Å². The van der Waals surface area contributed by atoms with Crippen molar-refractivity contribution in [3.05, 3.63) is 60.7 Å². The number of hydrogen-bond acceptors (Lipinski definition) is 3. The molecule has 0 N–H and O–H groups in total. The SMILES string of the molecule is COc1ccc2c(ccc3ccc4sc5ccccc5c4c32)c1OC. The summed E-state index contributed by atoms with van der Waals surface area (Å²) in [6.45, 7) is 0. The smallest absolute Gasteiger partial charge is 0.168 e. The van der Waals surface area contributed by atoms with Gasteiger partial charge in [0.25, 0.3) is 0 Å². The highest BCUT2D eigenvalue weighted by Crippen LogP contribution is 2.44. The van der Waals surface area contributed by atoms with Crippen LogP contribution in [-0.4, -0.2) is 14.2 Å². The van der Waals surface area contributed by atoms with Crippen molar-refractivity contribution in [2.75, 3.05) is 14.2 Å². The number of thiophene rings is 1. The molecule has 25 heavy (non-hydrogen) atoms. The zero-order chi connectivity index (χ0) is 17.0. The molecule has 0 aliphatic rings. The number of fused-ring (bicyclic) bond motifs is 7. The van der Waals surface area contributed by atoms with Gasteiger partial charge in [-0.3, -0.25) is 0 Å². The summed E-state index contributed by atoms with van der Waals surface area (Å²) < 4.78 is 13.8. The van der Waals surface area contributed by atoms with E-state index in [-0.39, 0.29) is 0 Å². The van der Waals surface area contributed by atoms with Crippen molar-refractivity contribution < 1.29 is 9.47 Å². The fourth-order valence-corrected chi connectivity index (χ4v) is 4.88. The van der Waals surface area contributed by atoms with Gasteiger partial charge < -0.3 is 9.47 Å². The van der Waals surface area contributed by atoms with E-state index in [1.165, 1.54) is 36.3 Å². The lowest BCUT2D eigenvalue weighted by Crippen LogP contribution is -1.92. The van der Waals surface area contributed by atoms with Crippen LogP contribution < -0.4 is 9.47 Å². The first-order valence-electron chi connectivity index (χ1n) is 8.19. The second kappa shape index (κ2) is 5.36. The largest absolute Gasteiger partial charge is 0.493 e. The van der Waals surface area contributed by atoms with Crippen LogP contribution >= 0.6 is 11.3 Å². The normalized spacial score (nSPS) is 11.6. The second-order valence-electron chi connectivity index (χ2n) is 6.10. The maximum Gasteiger partial charge on any atom is 0.168 e. The summed E-state index contributed by atoms with van der Waals surface area (Å²) in [7, 11) is 3.37. The van der Waals surface area contributed by atoms with E-state index in [9.17, 15) is 0 Å². The lowest BCUT2D eigenvalue weighted by Gasteiger charge is -2.13. The van der Waals surface area contributed by atoms with Gasteiger partial charge in [-0.2, -0.15) is 0 Å². The lowest BCUT2D eigenvalue weighted by atomic mass is 9.97. The molecule has 0 atom stereocenters. The van der Waals surface area contributed by atoms with Crippen LogP contribution in [0.2, 0.25) is 0 Å². The quantitative estimate of drug-likeness (QED) is 0.346. The molecule has 0 saturated heterocycles. The number of benzene rings is 4. The summed E-state index contributed by atoms with van der Waals surface area (Å²) in [5.74, 6) is 1.55. The van der Waals surface area contributed by atoms with Gasteiger partial charge in [-0.1, -0.05) is 30.3 Å². The summed E-state index contributed by atoms with van der Waals surface area (Å²) >= 11 is 1.85. The molecule has 122 valence electrons. The molecule has 0 amide bonds. The average Bonchev–Trinajstić information content (AvgIpc) is 3.05. The van der Waals surface area contributed by atoms with Crippen LogP contribution in [0.1, 0.15) is 0 Å². The molecule has 0 spiro atoms. The molecule has 0 aliphatic carbocycles. The minimum Gasteiger partial charge on any atom is -0.493 e. The Hall–Kier alpha value is -2.78. The highest BCUT2D eigenvalue weighted by molar-refractivity contribution is 7.26. The molecule has 2 nitrogen and oxygen atoms in total. The molecule has 0 unspecified atom stereocenters. The third kappa shape index (κ3) is 1.96. The van der Waals surface area contributed by atoms with Crippen LogP contribution in [0, 0.1) is 0 Å². The van der Waals surface area contributed by atoms with E-state index in [0.717, 1.165) is 16.9 Å². The molecule has 0 radical (unpaired) electrons. The first-order chi connectivity index (χ1) is 12.3. The number of rotatable bonds is 2. The third-order valence-corrected chi connectivity index (χ3v) is 5.99. The van der Waals surface area contributed by atoms with Gasteiger partial charge in [-0.05, 0) is 46.5 Å². The number of ether oxygens (including phenoxy) is 2. The molecular weight excluding hydrogens is 328 g/mol. The maximum absolute atomic E-state index is 5.66. The molecule has 5 aromatic rings. The summed E-state index contributed by atoms with van der Waals surface area (Å²) in [6.07, 6.45) is 0. The van der Waals surface area contributed by atoms with E-state index in [2.05, 4.69) is 54.6 Å². The van der Waals surface area contributed by atoms with E-state index < -0.39 is 0 Å². The summed E-state index contributed by atoms with van der Waals surface area (Å²) in [6, 6.07) is 21.5. The molecule has 0 bridgehead atoms. The van der Waals surface area contributed by atoms with Crippen LogP contribution in [0.4, 0.5) is 0 Å². The van der Waals surface area contributed by atoms with Crippen LogP contribution in [0.25, 0.3) is 41.7 Å².